The second-order valence-electron chi connectivity index (χ2n) is 7.12. The number of morpholine rings is 1. The van der Waals surface area contributed by atoms with Crippen molar-refractivity contribution in [3.8, 4) is 0 Å². The zero-order valence-corrected chi connectivity index (χ0v) is 17.7. The average molecular weight is 394 g/mol. The first kappa shape index (κ1) is 22.6. The number of nitrogens with zero attached hydrogens (tertiary/aromatic N) is 3. The fourth-order valence-corrected chi connectivity index (χ4v) is 3.67. The van der Waals surface area contributed by atoms with Gasteiger partial charge in [0, 0.05) is 39.3 Å². The normalized spacial score (nSPS) is 18.1. The van der Waals surface area contributed by atoms with Crippen molar-refractivity contribution in [1.82, 2.24) is 20.4 Å². The van der Waals surface area contributed by atoms with E-state index in [1.807, 2.05) is 12.1 Å². The van der Waals surface area contributed by atoms with Crippen molar-refractivity contribution in [3.05, 3.63) is 35.6 Å². The molecule has 0 radical (unpaired) electrons. The van der Waals surface area contributed by atoms with Crippen LogP contribution >= 0.6 is 0 Å². The second-order valence-corrected chi connectivity index (χ2v) is 7.12. The van der Waals surface area contributed by atoms with Crippen LogP contribution in [0.15, 0.2) is 29.3 Å². The maximum absolute atomic E-state index is 13.4. The number of guanidine groups is 1. The Kier molecular flexibility index (Phi) is 9.67. The van der Waals surface area contributed by atoms with E-state index in [0.717, 1.165) is 57.5 Å². The first-order chi connectivity index (χ1) is 13.6. The van der Waals surface area contributed by atoms with Crippen LogP contribution in [0.4, 0.5) is 4.39 Å². The van der Waals surface area contributed by atoms with Gasteiger partial charge in [-0.25, -0.2) is 4.39 Å². The number of aliphatic imine (C=N–C) groups is 1. The molecule has 2 atom stereocenters. The van der Waals surface area contributed by atoms with E-state index >= 15 is 0 Å². The molecule has 0 bridgehead atoms. The summed E-state index contributed by atoms with van der Waals surface area (Å²) in [5, 5.41) is 6.89. The third-order valence-corrected chi connectivity index (χ3v) is 5.43. The Morgan fingerprint density at radius 3 is 2.32 bits per heavy atom. The summed E-state index contributed by atoms with van der Waals surface area (Å²) in [6.07, 6.45) is 0. The molecule has 0 aliphatic carbocycles. The van der Waals surface area contributed by atoms with Gasteiger partial charge in [0.05, 0.1) is 19.3 Å². The summed E-state index contributed by atoms with van der Waals surface area (Å²) >= 11 is 0. The molecule has 2 N–H and O–H groups in total. The number of nitrogens with one attached hydrogen (secondary N) is 2. The highest BCUT2D eigenvalue weighted by atomic mass is 19.1. The van der Waals surface area contributed by atoms with Crippen molar-refractivity contribution in [2.75, 3.05) is 59.5 Å². The van der Waals surface area contributed by atoms with Gasteiger partial charge in [0.15, 0.2) is 5.96 Å². The predicted octanol–water partition coefficient (Wildman–Crippen LogP) is 2.09. The van der Waals surface area contributed by atoms with Crippen LogP contribution in [-0.2, 0) is 4.74 Å². The van der Waals surface area contributed by atoms with E-state index in [1.54, 1.807) is 7.05 Å². The summed E-state index contributed by atoms with van der Waals surface area (Å²) in [5.41, 5.74) is 1.10. The van der Waals surface area contributed by atoms with Crippen LogP contribution in [-0.4, -0.2) is 81.3 Å². The number of hydrogen-bond acceptors (Lipinski definition) is 4. The van der Waals surface area contributed by atoms with Crippen LogP contribution in [0.1, 0.15) is 32.4 Å². The maximum Gasteiger partial charge on any atom is 0.191 e. The monoisotopic (exact) mass is 393 g/mol. The minimum Gasteiger partial charge on any atom is -0.379 e. The number of ether oxygens (including phenoxy) is 1. The van der Waals surface area contributed by atoms with Gasteiger partial charge in [-0.15, -0.1) is 0 Å². The van der Waals surface area contributed by atoms with E-state index in [-0.39, 0.29) is 11.9 Å². The summed E-state index contributed by atoms with van der Waals surface area (Å²) in [7, 11) is 1.79. The predicted molar refractivity (Wildman–Crippen MR) is 113 cm³/mol. The van der Waals surface area contributed by atoms with E-state index in [9.17, 15) is 4.39 Å². The second kappa shape index (κ2) is 12.0. The van der Waals surface area contributed by atoms with Gasteiger partial charge in [-0.3, -0.25) is 14.8 Å². The molecule has 0 spiro atoms. The number of likely N-dealkylation sites (N-methyl/N-ethyl adjacent to an activating group) is 1. The van der Waals surface area contributed by atoms with Crippen molar-refractivity contribution in [3.63, 3.8) is 0 Å². The Balaban J connectivity index is 1.97. The Hall–Kier alpha value is -1.70. The molecule has 7 heteroatoms. The van der Waals surface area contributed by atoms with Crippen LogP contribution < -0.4 is 10.6 Å². The summed E-state index contributed by atoms with van der Waals surface area (Å²) in [6, 6.07) is 7.37. The van der Waals surface area contributed by atoms with Crippen LogP contribution in [0.2, 0.25) is 0 Å². The van der Waals surface area contributed by atoms with Gasteiger partial charge in [0.25, 0.3) is 0 Å². The molecule has 0 saturated carbocycles. The van der Waals surface area contributed by atoms with Gasteiger partial charge in [-0.1, -0.05) is 26.0 Å². The minimum absolute atomic E-state index is 0.142. The molecule has 0 amide bonds. The lowest BCUT2D eigenvalue weighted by Gasteiger charge is -2.35. The van der Waals surface area contributed by atoms with Gasteiger partial charge in [0.2, 0.25) is 0 Å². The average Bonchev–Trinajstić information content (AvgIpc) is 2.73. The van der Waals surface area contributed by atoms with E-state index in [1.165, 1.54) is 12.1 Å². The molecular weight excluding hydrogens is 357 g/mol. The Morgan fingerprint density at radius 2 is 1.75 bits per heavy atom. The van der Waals surface area contributed by atoms with E-state index < -0.39 is 0 Å². The summed E-state index contributed by atoms with van der Waals surface area (Å²) in [4.78, 5) is 9.17. The third-order valence-electron chi connectivity index (χ3n) is 5.43. The van der Waals surface area contributed by atoms with E-state index in [2.05, 4.69) is 46.2 Å². The summed E-state index contributed by atoms with van der Waals surface area (Å²) < 4.78 is 18.9. The van der Waals surface area contributed by atoms with Crippen molar-refractivity contribution in [2.45, 2.75) is 32.9 Å². The Morgan fingerprint density at radius 1 is 1.14 bits per heavy atom. The first-order valence-electron chi connectivity index (χ1n) is 10.3. The highest BCUT2D eigenvalue weighted by Gasteiger charge is 2.23. The van der Waals surface area contributed by atoms with Crippen molar-refractivity contribution >= 4 is 5.96 Å². The van der Waals surface area contributed by atoms with E-state index in [4.69, 9.17) is 4.74 Å². The Labute approximate surface area is 169 Å². The zero-order valence-electron chi connectivity index (χ0n) is 17.7. The number of benzene rings is 1. The van der Waals surface area contributed by atoms with Gasteiger partial charge in [-0.2, -0.15) is 0 Å². The fraction of sp³-hybridized carbons (Fsp3) is 0.667. The highest BCUT2D eigenvalue weighted by Crippen LogP contribution is 2.21. The fourth-order valence-electron chi connectivity index (χ4n) is 3.67. The van der Waals surface area contributed by atoms with Gasteiger partial charge in [0.1, 0.15) is 5.82 Å². The van der Waals surface area contributed by atoms with Crippen molar-refractivity contribution < 1.29 is 9.13 Å². The van der Waals surface area contributed by atoms with Crippen LogP contribution in [0.5, 0.6) is 0 Å². The molecule has 2 unspecified atom stereocenters. The standard InChI is InChI=1S/C21H36FN5O/c1-5-26(6-2)17(3)15-24-21(23-4)25-16-20(27-11-13-28-14-12-27)18-7-9-19(22)10-8-18/h7-10,17,20H,5-6,11-16H2,1-4H3,(H2,23,24,25). The molecule has 158 valence electrons. The molecule has 1 aliphatic rings. The molecule has 0 aromatic heterocycles. The molecule has 1 aromatic carbocycles. The van der Waals surface area contributed by atoms with Gasteiger partial charge < -0.3 is 15.4 Å². The van der Waals surface area contributed by atoms with Crippen LogP contribution in [0.25, 0.3) is 0 Å². The third kappa shape index (κ3) is 6.72. The van der Waals surface area contributed by atoms with Crippen LogP contribution in [0, 0.1) is 5.82 Å². The number of rotatable bonds is 9. The lowest BCUT2D eigenvalue weighted by atomic mass is 10.0. The highest BCUT2D eigenvalue weighted by molar-refractivity contribution is 5.79. The smallest absolute Gasteiger partial charge is 0.191 e. The van der Waals surface area contributed by atoms with E-state index in [0.29, 0.717) is 12.6 Å². The molecule has 6 nitrogen and oxygen atoms in total. The number of halogens is 1. The summed E-state index contributed by atoms with van der Waals surface area (Å²) in [5.74, 6) is 0.583. The molecule has 28 heavy (non-hydrogen) atoms. The maximum atomic E-state index is 13.4. The zero-order chi connectivity index (χ0) is 20.4. The van der Waals surface area contributed by atoms with Gasteiger partial charge >= 0.3 is 0 Å². The molecular formula is C21H36FN5O. The van der Waals surface area contributed by atoms with Gasteiger partial charge in [-0.05, 0) is 37.7 Å². The van der Waals surface area contributed by atoms with Crippen LogP contribution in [0.3, 0.4) is 0 Å². The first-order valence-corrected chi connectivity index (χ1v) is 10.3. The SMILES string of the molecule is CCN(CC)C(C)CNC(=NC)NCC(c1ccc(F)cc1)N1CCOCC1. The lowest BCUT2D eigenvalue weighted by molar-refractivity contribution is 0.0170. The largest absolute Gasteiger partial charge is 0.379 e. The molecule has 1 saturated heterocycles. The molecule has 1 aromatic rings. The van der Waals surface area contributed by atoms with Crippen molar-refractivity contribution in [1.29, 1.82) is 0 Å². The molecule has 2 rings (SSSR count). The number of hydrogen-bond donors (Lipinski definition) is 2. The summed E-state index contributed by atoms with van der Waals surface area (Å²) in [6.45, 7) is 13.4. The topological polar surface area (TPSA) is 52.1 Å². The lowest BCUT2D eigenvalue weighted by Crippen LogP contribution is -2.49. The van der Waals surface area contributed by atoms with Crippen molar-refractivity contribution in [2.24, 2.45) is 4.99 Å². The molecule has 1 fully saturated rings. The molecule has 1 heterocycles. The quantitative estimate of drug-likeness (QED) is 0.497. The molecule has 1 aliphatic heterocycles. The minimum atomic E-state index is -0.208. The Bertz CT molecular complexity index is 585.